The number of hydrogen-bond donors (Lipinski definition) is 0. The molecule has 0 fully saturated rings. The molecule has 1 aromatic carbocycles. The number of carbonyl (C=O) groups is 2. The van der Waals surface area contributed by atoms with E-state index in [1.165, 1.54) is 5.56 Å². The zero-order valence-electron chi connectivity index (χ0n) is 13.0. The first kappa shape index (κ1) is 13.6. The molecule has 5 heteroatoms. The van der Waals surface area contributed by atoms with Gasteiger partial charge in [0.25, 0.3) is 11.8 Å². The minimum Gasteiger partial charge on any atom is -0.376 e. The minimum absolute atomic E-state index is 0.00234. The maximum absolute atomic E-state index is 12.9. The molecule has 3 aliphatic rings. The number of amidine groups is 1. The summed E-state index contributed by atoms with van der Waals surface area (Å²) in [6.45, 7) is 6.95. The van der Waals surface area contributed by atoms with Crippen molar-refractivity contribution in [3.05, 3.63) is 34.4 Å². The SMILES string of the molecule is CC(C)C1(C)C(=O)N=C2c3cc4c(cc3C(=O)N21)COCC4. The predicted octanol–water partition coefficient (Wildman–Crippen LogP) is 1.92. The van der Waals surface area contributed by atoms with E-state index in [1.54, 1.807) is 4.90 Å². The van der Waals surface area contributed by atoms with Gasteiger partial charge in [-0.1, -0.05) is 13.8 Å². The molecule has 2 amide bonds. The maximum Gasteiger partial charge on any atom is 0.274 e. The largest absolute Gasteiger partial charge is 0.376 e. The van der Waals surface area contributed by atoms with Crippen LogP contribution in [0, 0.1) is 5.92 Å². The third kappa shape index (κ3) is 1.49. The Morgan fingerprint density at radius 3 is 2.68 bits per heavy atom. The summed E-state index contributed by atoms with van der Waals surface area (Å²) in [5.74, 6) is 0.176. The zero-order chi connectivity index (χ0) is 15.6. The van der Waals surface area contributed by atoms with Gasteiger partial charge in [0.15, 0.2) is 0 Å². The van der Waals surface area contributed by atoms with Gasteiger partial charge in [-0.25, -0.2) is 0 Å². The Labute approximate surface area is 129 Å². The fourth-order valence-electron chi connectivity index (χ4n) is 3.47. The molecule has 5 nitrogen and oxygen atoms in total. The van der Waals surface area contributed by atoms with E-state index in [2.05, 4.69) is 4.99 Å². The van der Waals surface area contributed by atoms with Gasteiger partial charge in [0.2, 0.25) is 0 Å². The lowest BCUT2D eigenvalue weighted by Gasteiger charge is -2.34. The summed E-state index contributed by atoms with van der Waals surface area (Å²) in [6.07, 6.45) is 0.833. The lowest BCUT2D eigenvalue weighted by Crippen LogP contribution is -2.53. The number of rotatable bonds is 1. The molecule has 3 heterocycles. The van der Waals surface area contributed by atoms with Crippen LogP contribution < -0.4 is 0 Å². The van der Waals surface area contributed by atoms with Gasteiger partial charge in [-0.2, -0.15) is 4.99 Å². The number of aliphatic imine (C=N–C) groups is 1. The number of fused-ring (bicyclic) bond motifs is 4. The molecular weight excluding hydrogens is 280 g/mol. The highest BCUT2D eigenvalue weighted by atomic mass is 16.5. The van der Waals surface area contributed by atoms with Crippen molar-refractivity contribution < 1.29 is 14.3 Å². The highest BCUT2D eigenvalue weighted by molar-refractivity contribution is 6.30. The summed E-state index contributed by atoms with van der Waals surface area (Å²) in [6, 6.07) is 3.93. The smallest absolute Gasteiger partial charge is 0.274 e. The van der Waals surface area contributed by atoms with E-state index in [4.69, 9.17) is 4.74 Å². The van der Waals surface area contributed by atoms with Crippen molar-refractivity contribution in [2.75, 3.05) is 6.61 Å². The van der Waals surface area contributed by atoms with Crippen molar-refractivity contribution in [1.29, 1.82) is 0 Å². The highest BCUT2D eigenvalue weighted by Gasteiger charge is 2.55. The second-order valence-corrected chi connectivity index (χ2v) is 6.65. The van der Waals surface area contributed by atoms with Crippen molar-refractivity contribution >= 4 is 17.6 Å². The molecule has 0 bridgehead atoms. The Balaban J connectivity index is 1.90. The van der Waals surface area contributed by atoms with Crippen LogP contribution in [0.25, 0.3) is 0 Å². The van der Waals surface area contributed by atoms with Crippen LogP contribution in [0.5, 0.6) is 0 Å². The molecule has 0 saturated carbocycles. The Kier molecular flexibility index (Phi) is 2.64. The Morgan fingerprint density at radius 1 is 1.23 bits per heavy atom. The Bertz CT molecular complexity index is 751. The van der Waals surface area contributed by atoms with E-state index in [9.17, 15) is 9.59 Å². The fourth-order valence-corrected chi connectivity index (χ4v) is 3.47. The number of ether oxygens (including phenoxy) is 1. The summed E-state index contributed by atoms with van der Waals surface area (Å²) in [7, 11) is 0. The van der Waals surface area contributed by atoms with Gasteiger partial charge in [-0.3, -0.25) is 14.5 Å². The first-order valence-electron chi connectivity index (χ1n) is 7.66. The molecule has 1 atom stereocenters. The van der Waals surface area contributed by atoms with Gasteiger partial charge >= 0.3 is 0 Å². The molecular formula is C17H18N2O3. The van der Waals surface area contributed by atoms with Crippen LogP contribution in [0.15, 0.2) is 17.1 Å². The number of hydrogen-bond acceptors (Lipinski definition) is 3. The first-order chi connectivity index (χ1) is 10.4. The molecule has 0 radical (unpaired) electrons. The van der Waals surface area contributed by atoms with Crippen molar-refractivity contribution in [2.24, 2.45) is 10.9 Å². The average Bonchev–Trinajstić information content (AvgIpc) is 2.92. The van der Waals surface area contributed by atoms with Gasteiger partial charge in [-0.05, 0) is 42.5 Å². The summed E-state index contributed by atoms with van der Waals surface area (Å²) < 4.78 is 5.47. The molecule has 114 valence electrons. The quantitative estimate of drug-likeness (QED) is 0.796. The van der Waals surface area contributed by atoms with E-state index >= 15 is 0 Å². The number of benzene rings is 1. The monoisotopic (exact) mass is 298 g/mol. The van der Waals surface area contributed by atoms with E-state index in [1.807, 2.05) is 32.9 Å². The normalized spacial score (nSPS) is 26.2. The molecule has 0 aromatic heterocycles. The second-order valence-electron chi connectivity index (χ2n) is 6.65. The summed E-state index contributed by atoms with van der Waals surface area (Å²) in [5.41, 5.74) is 2.80. The molecule has 4 rings (SSSR count). The van der Waals surface area contributed by atoms with Crippen LogP contribution >= 0.6 is 0 Å². The van der Waals surface area contributed by atoms with Crippen molar-refractivity contribution in [1.82, 2.24) is 4.90 Å². The fraction of sp³-hybridized carbons (Fsp3) is 0.471. The van der Waals surface area contributed by atoms with Crippen LogP contribution in [-0.2, 0) is 22.6 Å². The second kappa shape index (κ2) is 4.26. The molecule has 0 saturated heterocycles. The van der Waals surface area contributed by atoms with Crippen LogP contribution in [0.4, 0.5) is 0 Å². The van der Waals surface area contributed by atoms with E-state index in [-0.39, 0.29) is 17.7 Å². The van der Waals surface area contributed by atoms with E-state index in [0.29, 0.717) is 24.6 Å². The summed E-state index contributed by atoms with van der Waals surface area (Å²) in [5, 5.41) is 0. The van der Waals surface area contributed by atoms with Gasteiger partial charge < -0.3 is 4.74 Å². The van der Waals surface area contributed by atoms with Crippen molar-refractivity contribution in [2.45, 2.75) is 39.3 Å². The standard InChI is InChI=1S/C17H18N2O3/c1-9(2)17(3)16(21)18-14-12-6-10-4-5-22-8-11(10)7-13(12)15(20)19(14)17/h6-7,9H,4-5,8H2,1-3H3. The van der Waals surface area contributed by atoms with E-state index in [0.717, 1.165) is 17.5 Å². The van der Waals surface area contributed by atoms with Gasteiger partial charge in [0, 0.05) is 5.56 Å². The van der Waals surface area contributed by atoms with Crippen molar-refractivity contribution in [3.63, 3.8) is 0 Å². The summed E-state index contributed by atoms with van der Waals surface area (Å²) >= 11 is 0. The molecule has 1 unspecified atom stereocenters. The zero-order valence-corrected chi connectivity index (χ0v) is 13.0. The first-order valence-corrected chi connectivity index (χ1v) is 7.66. The van der Waals surface area contributed by atoms with Crippen LogP contribution in [0.2, 0.25) is 0 Å². The molecule has 1 aromatic rings. The number of nitrogens with zero attached hydrogens (tertiary/aromatic N) is 2. The molecule has 0 N–H and O–H groups in total. The highest BCUT2D eigenvalue weighted by Crippen LogP contribution is 2.40. The predicted molar refractivity (Wildman–Crippen MR) is 80.8 cm³/mol. The van der Waals surface area contributed by atoms with E-state index < -0.39 is 5.54 Å². The lowest BCUT2D eigenvalue weighted by molar-refractivity contribution is -0.126. The lowest BCUT2D eigenvalue weighted by atomic mass is 9.87. The Hall–Kier alpha value is -2.01. The average molecular weight is 298 g/mol. The third-order valence-corrected chi connectivity index (χ3v) is 5.23. The number of amides is 2. The third-order valence-electron chi connectivity index (χ3n) is 5.23. The minimum atomic E-state index is -0.886. The number of carbonyl (C=O) groups excluding carboxylic acids is 2. The summed E-state index contributed by atoms with van der Waals surface area (Å²) in [4.78, 5) is 31.1. The van der Waals surface area contributed by atoms with Gasteiger partial charge in [0.05, 0.1) is 18.8 Å². The maximum atomic E-state index is 12.9. The van der Waals surface area contributed by atoms with Gasteiger partial charge in [0.1, 0.15) is 11.4 Å². The van der Waals surface area contributed by atoms with Crippen LogP contribution in [0.1, 0.15) is 47.8 Å². The molecule has 0 spiro atoms. The topological polar surface area (TPSA) is 59.0 Å². The van der Waals surface area contributed by atoms with Crippen LogP contribution in [0.3, 0.4) is 0 Å². The Morgan fingerprint density at radius 2 is 1.95 bits per heavy atom. The molecule has 3 aliphatic heterocycles. The molecule has 0 aliphatic carbocycles. The van der Waals surface area contributed by atoms with Gasteiger partial charge in [-0.15, -0.1) is 0 Å². The van der Waals surface area contributed by atoms with Crippen LogP contribution in [-0.4, -0.2) is 34.7 Å². The molecule has 22 heavy (non-hydrogen) atoms. The van der Waals surface area contributed by atoms with Crippen molar-refractivity contribution in [3.8, 4) is 0 Å².